The highest BCUT2D eigenvalue weighted by atomic mass is 16.6. The Morgan fingerprint density at radius 3 is 2.46 bits per heavy atom. The Kier molecular flexibility index (Phi) is 5.32. The zero-order valence-corrected chi connectivity index (χ0v) is 13.7. The van der Waals surface area contributed by atoms with Gasteiger partial charge in [-0.25, -0.2) is 15.0 Å². The van der Waals surface area contributed by atoms with Crippen molar-refractivity contribution < 1.29 is 14.4 Å². The molecule has 2 N–H and O–H groups in total. The van der Waals surface area contributed by atoms with Crippen molar-refractivity contribution in [2.24, 2.45) is 0 Å². The van der Waals surface area contributed by atoms with Crippen LogP contribution in [0.1, 0.15) is 0 Å². The Morgan fingerprint density at radius 1 is 1.17 bits per heavy atom. The first-order valence-electron chi connectivity index (χ1n) is 6.88. The number of nitrogens with one attached hydrogen (secondary N) is 2. The molecule has 2 rings (SSSR count). The van der Waals surface area contributed by atoms with Gasteiger partial charge < -0.3 is 14.8 Å². The van der Waals surface area contributed by atoms with E-state index >= 15 is 0 Å². The van der Waals surface area contributed by atoms with E-state index in [0.29, 0.717) is 17.2 Å². The molecular formula is C14H18N6O4. The molecule has 10 heteroatoms. The molecule has 1 aromatic heterocycles. The van der Waals surface area contributed by atoms with E-state index in [1.54, 1.807) is 37.3 Å². The molecule has 0 fully saturated rings. The number of rotatable bonds is 7. The Morgan fingerprint density at radius 2 is 1.88 bits per heavy atom. The van der Waals surface area contributed by atoms with Crippen LogP contribution in [0.25, 0.3) is 0 Å². The highest BCUT2D eigenvalue weighted by Crippen LogP contribution is 2.35. The molecule has 0 aliphatic rings. The molecule has 0 radical (unpaired) electrons. The van der Waals surface area contributed by atoms with Crippen LogP contribution in [0.2, 0.25) is 0 Å². The summed E-state index contributed by atoms with van der Waals surface area (Å²) in [7, 11) is 6.43. The lowest BCUT2D eigenvalue weighted by atomic mass is 10.2. The van der Waals surface area contributed by atoms with Gasteiger partial charge in [-0.15, -0.1) is 0 Å². The standard InChI is InChI=1S/C14H18N6O4/c1-19(2)18-14-12(20(21)22)13(15-8-16-14)17-10-6-5-9(23-3)7-11(10)24-4/h5-8H,1-4H3,(H2,15,16,17,18). The van der Waals surface area contributed by atoms with Gasteiger partial charge in [0.1, 0.15) is 17.8 Å². The fraction of sp³-hybridized carbons (Fsp3) is 0.286. The van der Waals surface area contributed by atoms with Gasteiger partial charge in [-0.05, 0) is 12.1 Å². The lowest BCUT2D eigenvalue weighted by Crippen LogP contribution is -2.21. The van der Waals surface area contributed by atoms with Crippen molar-refractivity contribution in [2.75, 3.05) is 39.1 Å². The van der Waals surface area contributed by atoms with Crippen LogP contribution >= 0.6 is 0 Å². The minimum Gasteiger partial charge on any atom is -0.497 e. The number of nitro groups is 1. The van der Waals surface area contributed by atoms with Crippen molar-refractivity contribution in [3.63, 3.8) is 0 Å². The van der Waals surface area contributed by atoms with Gasteiger partial charge in [0.15, 0.2) is 0 Å². The van der Waals surface area contributed by atoms with Crippen LogP contribution in [0.3, 0.4) is 0 Å². The molecule has 1 heterocycles. The van der Waals surface area contributed by atoms with Gasteiger partial charge in [0.25, 0.3) is 0 Å². The molecule has 0 unspecified atom stereocenters. The van der Waals surface area contributed by atoms with Gasteiger partial charge in [-0.2, -0.15) is 0 Å². The van der Waals surface area contributed by atoms with Crippen LogP contribution in [0.5, 0.6) is 11.5 Å². The third-order valence-electron chi connectivity index (χ3n) is 3.00. The average molecular weight is 334 g/mol. The van der Waals surface area contributed by atoms with Crippen LogP contribution in [-0.4, -0.2) is 48.2 Å². The minimum absolute atomic E-state index is 0.0443. The van der Waals surface area contributed by atoms with Crippen molar-refractivity contribution in [1.29, 1.82) is 0 Å². The zero-order valence-electron chi connectivity index (χ0n) is 13.7. The van der Waals surface area contributed by atoms with E-state index in [4.69, 9.17) is 9.47 Å². The van der Waals surface area contributed by atoms with Gasteiger partial charge in [-0.1, -0.05) is 0 Å². The van der Waals surface area contributed by atoms with Gasteiger partial charge in [0.05, 0.1) is 24.8 Å². The Labute approximate surface area is 138 Å². The van der Waals surface area contributed by atoms with E-state index in [1.807, 2.05) is 0 Å². The van der Waals surface area contributed by atoms with Crippen LogP contribution in [0.4, 0.5) is 23.0 Å². The Balaban J connectivity index is 2.44. The highest BCUT2D eigenvalue weighted by Gasteiger charge is 2.24. The monoisotopic (exact) mass is 334 g/mol. The second kappa shape index (κ2) is 7.42. The summed E-state index contributed by atoms with van der Waals surface area (Å²) >= 11 is 0. The first-order valence-corrected chi connectivity index (χ1v) is 6.88. The molecule has 0 bridgehead atoms. The first kappa shape index (κ1) is 17.2. The largest absolute Gasteiger partial charge is 0.497 e. The summed E-state index contributed by atoms with van der Waals surface area (Å²) in [6.07, 6.45) is 1.23. The van der Waals surface area contributed by atoms with E-state index < -0.39 is 4.92 Å². The molecule has 0 amide bonds. The van der Waals surface area contributed by atoms with Crippen LogP contribution < -0.4 is 20.2 Å². The third kappa shape index (κ3) is 3.79. The fourth-order valence-corrected chi connectivity index (χ4v) is 1.97. The van der Waals surface area contributed by atoms with Gasteiger partial charge in [0, 0.05) is 20.2 Å². The first-order chi connectivity index (χ1) is 11.5. The molecule has 0 aliphatic carbocycles. The lowest BCUT2D eigenvalue weighted by Gasteiger charge is -2.15. The number of hydrogen-bond acceptors (Lipinski definition) is 9. The summed E-state index contributed by atoms with van der Waals surface area (Å²) < 4.78 is 10.4. The maximum absolute atomic E-state index is 11.4. The van der Waals surface area contributed by atoms with Gasteiger partial charge in [-0.3, -0.25) is 15.5 Å². The van der Waals surface area contributed by atoms with E-state index in [0.717, 1.165) is 0 Å². The number of anilines is 3. The minimum atomic E-state index is -0.551. The summed E-state index contributed by atoms with van der Waals surface area (Å²) in [5.41, 5.74) is 3.01. The number of methoxy groups -OCH3 is 2. The summed E-state index contributed by atoms with van der Waals surface area (Å²) in [6.45, 7) is 0. The van der Waals surface area contributed by atoms with Crippen molar-refractivity contribution in [3.8, 4) is 11.5 Å². The van der Waals surface area contributed by atoms with E-state index in [1.165, 1.54) is 20.5 Å². The average Bonchev–Trinajstić information content (AvgIpc) is 2.54. The lowest BCUT2D eigenvalue weighted by molar-refractivity contribution is -0.383. The molecule has 10 nitrogen and oxygen atoms in total. The number of benzene rings is 1. The Bertz CT molecular complexity index is 737. The Hall–Kier alpha value is -3.14. The molecule has 24 heavy (non-hydrogen) atoms. The van der Waals surface area contributed by atoms with Crippen LogP contribution in [0.15, 0.2) is 24.5 Å². The zero-order chi connectivity index (χ0) is 17.7. The molecule has 128 valence electrons. The topological polar surface area (TPSA) is 115 Å². The number of nitrogens with zero attached hydrogens (tertiary/aromatic N) is 4. The third-order valence-corrected chi connectivity index (χ3v) is 3.00. The summed E-state index contributed by atoms with van der Waals surface area (Å²) in [5.74, 6) is 1.19. The smallest absolute Gasteiger partial charge is 0.354 e. The summed E-state index contributed by atoms with van der Waals surface area (Å²) in [6, 6.07) is 5.05. The quantitative estimate of drug-likeness (QED) is 0.579. The van der Waals surface area contributed by atoms with Gasteiger partial charge in [0.2, 0.25) is 11.6 Å². The predicted octanol–water partition coefficient (Wildman–Crippen LogP) is 2.03. The van der Waals surface area contributed by atoms with Gasteiger partial charge >= 0.3 is 5.69 Å². The molecule has 1 aromatic carbocycles. The second-order valence-corrected chi connectivity index (χ2v) is 4.87. The van der Waals surface area contributed by atoms with Crippen molar-refractivity contribution >= 4 is 23.0 Å². The number of ether oxygens (including phenoxy) is 2. The molecule has 0 atom stereocenters. The molecule has 0 saturated heterocycles. The molecule has 0 aliphatic heterocycles. The van der Waals surface area contributed by atoms with E-state index in [9.17, 15) is 10.1 Å². The SMILES string of the molecule is COc1ccc(Nc2ncnc(NN(C)C)c2[N+](=O)[O-])c(OC)c1. The number of hydrogen-bond donors (Lipinski definition) is 2. The maximum Gasteiger partial charge on any atom is 0.354 e. The van der Waals surface area contributed by atoms with Crippen molar-refractivity contribution in [3.05, 3.63) is 34.6 Å². The van der Waals surface area contributed by atoms with Crippen molar-refractivity contribution in [1.82, 2.24) is 15.0 Å². The normalized spacial score (nSPS) is 10.4. The number of aromatic nitrogens is 2. The summed E-state index contributed by atoms with van der Waals surface area (Å²) in [5, 5.41) is 15.9. The predicted molar refractivity (Wildman–Crippen MR) is 88.8 cm³/mol. The molecule has 0 spiro atoms. The maximum atomic E-state index is 11.4. The fourth-order valence-electron chi connectivity index (χ4n) is 1.97. The van der Waals surface area contributed by atoms with Crippen LogP contribution in [-0.2, 0) is 0 Å². The molecule has 2 aromatic rings. The van der Waals surface area contributed by atoms with E-state index in [-0.39, 0.29) is 17.3 Å². The molecule has 0 saturated carbocycles. The van der Waals surface area contributed by atoms with Crippen LogP contribution in [0, 0.1) is 10.1 Å². The molecular weight excluding hydrogens is 316 g/mol. The second-order valence-electron chi connectivity index (χ2n) is 4.87. The highest BCUT2D eigenvalue weighted by molar-refractivity contribution is 5.76. The summed E-state index contributed by atoms with van der Waals surface area (Å²) in [4.78, 5) is 18.8. The van der Waals surface area contributed by atoms with E-state index in [2.05, 4.69) is 20.7 Å². The van der Waals surface area contributed by atoms with Crippen molar-refractivity contribution in [2.45, 2.75) is 0 Å². The number of hydrazine groups is 1.